The minimum atomic E-state index is -3.99. The van der Waals surface area contributed by atoms with E-state index in [0.717, 1.165) is 17.6 Å². The van der Waals surface area contributed by atoms with Gasteiger partial charge in [-0.3, -0.25) is 0 Å². The number of aromatic nitrogens is 2. The van der Waals surface area contributed by atoms with Crippen molar-refractivity contribution < 1.29 is 8.42 Å². The Morgan fingerprint density at radius 1 is 1.33 bits per heavy atom. The molecule has 2 aromatic heterocycles. The van der Waals surface area contributed by atoms with E-state index >= 15 is 0 Å². The van der Waals surface area contributed by atoms with Crippen LogP contribution >= 0.6 is 22.7 Å². The number of hydrogen-bond acceptors (Lipinski definition) is 8. The lowest BCUT2D eigenvalue weighted by Gasteiger charge is -1.92. The van der Waals surface area contributed by atoms with Crippen molar-refractivity contribution >= 4 is 55.3 Å². The third kappa shape index (κ3) is 4.19. The fourth-order valence-electron chi connectivity index (χ4n) is 1.28. The van der Waals surface area contributed by atoms with Gasteiger partial charge in [-0.05, 0) is 0 Å². The van der Waals surface area contributed by atoms with Crippen molar-refractivity contribution in [2.45, 2.75) is 0 Å². The molecule has 112 valence electrons. The van der Waals surface area contributed by atoms with Crippen LogP contribution in [0.1, 0.15) is 4.88 Å². The molecule has 0 fully saturated rings. The lowest BCUT2D eigenvalue weighted by atomic mass is 10.3. The van der Waals surface area contributed by atoms with E-state index in [-0.39, 0.29) is 11.1 Å². The maximum Gasteiger partial charge on any atom is 0.317 e. The first kappa shape index (κ1) is 15.3. The van der Waals surface area contributed by atoms with Gasteiger partial charge in [-0.1, -0.05) is 11.3 Å². The van der Waals surface area contributed by atoms with E-state index < -0.39 is 10.2 Å². The second-order valence-electron chi connectivity index (χ2n) is 3.57. The Balaban J connectivity index is 2.43. The third-order valence-electron chi connectivity index (χ3n) is 1.95. The van der Waals surface area contributed by atoms with Gasteiger partial charge in [-0.15, -0.1) is 11.3 Å². The van der Waals surface area contributed by atoms with Crippen LogP contribution in [0.4, 0.5) is 10.3 Å². The number of anilines is 1. The standard InChI is InChI=1S/C8H10N8O2S3/c9-6(10)16-8-14-3(2-19-8)5-4(20-7(11)15-5)1-13-21(12,17)18/h1-2H,(H2,11,15)(H2,12,17,18)(H4,9,10,14,16)/b13-1+. The molecule has 0 spiro atoms. The number of nitrogen functional groups attached to an aromatic ring is 1. The zero-order valence-electron chi connectivity index (χ0n) is 10.3. The van der Waals surface area contributed by atoms with Crippen LogP contribution in [0.15, 0.2) is 14.8 Å². The van der Waals surface area contributed by atoms with Gasteiger partial charge in [0.2, 0.25) is 5.13 Å². The number of nitrogens with zero attached hydrogens (tertiary/aromatic N) is 4. The van der Waals surface area contributed by atoms with Crippen LogP contribution in [0, 0.1) is 0 Å². The maximum atomic E-state index is 10.9. The van der Waals surface area contributed by atoms with E-state index in [9.17, 15) is 8.42 Å². The van der Waals surface area contributed by atoms with Gasteiger partial charge in [0.25, 0.3) is 0 Å². The van der Waals surface area contributed by atoms with Gasteiger partial charge >= 0.3 is 10.2 Å². The molecule has 0 aliphatic rings. The molecule has 0 amide bonds. The highest BCUT2D eigenvalue weighted by atomic mass is 32.2. The van der Waals surface area contributed by atoms with Crippen molar-refractivity contribution in [2.75, 3.05) is 5.73 Å². The van der Waals surface area contributed by atoms with E-state index in [1.165, 1.54) is 11.3 Å². The summed E-state index contributed by atoms with van der Waals surface area (Å²) in [5.74, 6) is -0.121. The molecular weight excluding hydrogens is 336 g/mol. The van der Waals surface area contributed by atoms with E-state index in [0.29, 0.717) is 21.4 Å². The molecule has 8 N–H and O–H groups in total. The van der Waals surface area contributed by atoms with E-state index in [1.54, 1.807) is 5.38 Å². The Morgan fingerprint density at radius 3 is 2.67 bits per heavy atom. The highest BCUT2D eigenvalue weighted by molar-refractivity contribution is 7.87. The summed E-state index contributed by atoms with van der Waals surface area (Å²) in [6.45, 7) is 0. The lowest BCUT2D eigenvalue weighted by molar-refractivity contribution is 0.600. The van der Waals surface area contributed by atoms with Gasteiger partial charge in [0.1, 0.15) is 11.4 Å². The van der Waals surface area contributed by atoms with E-state index in [1.807, 2.05) is 0 Å². The summed E-state index contributed by atoms with van der Waals surface area (Å²) in [6.07, 6.45) is 1.07. The molecule has 13 heteroatoms. The molecule has 2 heterocycles. The summed E-state index contributed by atoms with van der Waals surface area (Å²) in [4.78, 5) is 12.4. The number of aliphatic imine (C=N–C) groups is 1. The van der Waals surface area contributed by atoms with Gasteiger partial charge in [0, 0.05) is 5.38 Å². The Morgan fingerprint density at radius 2 is 2.05 bits per heavy atom. The molecule has 0 radical (unpaired) electrons. The summed E-state index contributed by atoms with van der Waals surface area (Å²) in [7, 11) is -3.99. The average Bonchev–Trinajstić information content (AvgIpc) is 2.91. The minimum Gasteiger partial charge on any atom is -0.375 e. The molecule has 0 unspecified atom stereocenters. The zero-order chi connectivity index (χ0) is 15.6. The summed E-state index contributed by atoms with van der Waals surface area (Å²) >= 11 is 2.24. The predicted octanol–water partition coefficient (Wildman–Crippen LogP) is -0.624. The number of nitrogens with two attached hydrogens (primary N) is 4. The Labute approximate surface area is 127 Å². The highest BCUT2D eigenvalue weighted by Gasteiger charge is 2.14. The van der Waals surface area contributed by atoms with Crippen molar-refractivity contribution in [3.8, 4) is 11.4 Å². The topological polar surface area (TPSA) is 189 Å². The molecule has 0 atom stereocenters. The average molecular weight is 346 g/mol. The predicted molar refractivity (Wildman–Crippen MR) is 83.8 cm³/mol. The number of thiazole rings is 2. The van der Waals surface area contributed by atoms with Crippen LogP contribution in [0.2, 0.25) is 0 Å². The maximum absolute atomic E-state index is 10.9. The van der Waals surface area contributed by atoms with Crippen LogP contribution in [0.25, 0.3) is 11.4 Å². The normalized spacial score (nSPS) is 11.9. The summed E-state index contributed by atoms with van der Waals surface area (Å²) in [5, 5.41) is 7.04. The molecule has 0 saturated carbocycles. The van der Waals surface area contributed by atoms with Gasteiger partial charge in [-0.25, -0.2) is 15.1 Å². The largest absolute Gasteiger partial charge is 0.375 e. The molecule has 2 aromatic rings. The van der Waals surface area contributed by atoms with Crippen molar-refractivity contribution in [3.05, 3.63) is 10.3 Å². The molecule has 2 rings (SSSR count). The Bertz CT molecular complexity index is 814. The number of hydrogen-bond donors (Lipinski definition) is 4. The van der Waals surface area contributed by atoms with Gasteiger partial charge in [0.15, 0.2) is 11.1 Å². The molecule has 0 bridgehead atoms. The summed E-state index contributed by atoms with van der Waals surface area (Å²) < 4.78 is 24.9. The lowest BCUT2D eigenvalue weighted by Crippen LogP contribution is -2.21. The first-order valence-corrected chi connectivity index (χ1v) is 8.34. The van der Waals surface area contributed by atoms with Gasteiger partial charge in [-0.2, -0.15) is 17.8 Å². The van der Waals surface area contributed by atoms with Crippen molar-refractivity contribution in [2.24, 2.45) is 26.0 Å². The first-order valence-electron chi connectivity index (χ1n) is 5.14. The highest BCUT2D eigenvalue weighted by Crippen LogP contribution is 2.31. The second-order valence-corrected chi connectivity index (χ2v) is 6.71. The molecule has 0 aliphatic heterocycles. The molecular formula is C8H10N8O2S3. The smallest absolute Gasteiger partial charge is 0.317 e. The zero-order valence-corrected chi connectivity index (χ0v) is 12.7. The summed E-state index contributed by atoms with van der Waals surface area (Å²) in [5.41, 5.74) is 17.0. The second kappa shape index (κ2) is 5.72. The molecule has 0 aliphatic carbocycles. The Hall–Kier alpha value is -2.09. The van der Waals surface area contributed by atoms with Gasteiger partial charge < -0.3 is 17.2 Å². The quantitative estimate of drug-likeness (QED) is 0.418. The minimum absolute atomic E-state index is 0.121. The SMILES string of the molecule is NC(N)=Nc1nc(-c2nc(N)sc2/C=N/S(N)(=O)=O)cs1. The first-order chi connectivity index (χ1) is 9.74. The molecule has 10 nitrogen and oxygen atoms in total. The van der Waals surface area contributed by atoms with E-state index in [4.69, 9.17) is 22.3 Å². The number of rotatable bonds is 4. The van der Waals surface area contributed by atoms with Crippen LogP contribution in [0.5, 0.6) is 0 Å². The molecule has 21 heavy (non-hydrogen) atoms. The van der Waals surface area contributed by atoms with Crippen molar-refractivity contribution in [3.63, 3.8) is 0 Å². The third-order valence-corrected chi connectivity index (χ3v) is 3.90. The molecule has 0 aromatic carbocycles. The van der Waals surface area contributed by atoms with Gasteiger partial charge in [0.05, 0.1) is 11.1 Å². The van der Waals surface area contributed by atoms with Crippen LogP contribution < -0.4 is 22.3 Å². The Kier molecular flexibility index (Phi) is 4.17. The molecule has 0 saturated heterocycles. The number of guanidine groups is 1. The fourth-order valence-corrected chi connectivity index (χ4v) is 3.00. The van der Waals surface area contributed by atoms with Crippen molar-refractivity contribution in [1.29, 1.82) is 0 Å². The monoisotopic (exact) mass is 346 g/mol. The summed E-state index contributed by atoms with van der Waals surface area (Å²) in [6, 6.07) is 0. The van der Waals surface area contributed by atoms with Crippen molar-refractivity contribution in [1.82, 2.24) is 9.97 Å². The van der Waals surface area contributed by atoms with Crippen LogP contribution in [0.3, 0.4) is 0 Å². The van der Waals surface area contributed by atoms with Crippen LogP contribution in [-0.2, 0) is 10.2 Å². The van der Waals surface area contributed by atoms with E-state index in [2.05, 4.69) is 19.4 Å². The fraction of sp³-hybridized carbons (Fsp3) is 0. The van der Waals surface area contributed by atoms with Crippen LogP contribution in [-0.4, -0.2) is 30.6 Å².